The second-order valence-electron chi connectivity index (χ2n) is 7.66. The first kappa shape index (κ1) is 15.8. The van der Waals surface area contributed by atoms with Gasteiger partial charge in [-0.05, 0) is 36.7 Å². The molecule has 4 nitrogen and oxygen atoms in total. The van der Waals surface area contributed by atoms with Crippen LogP contribution in [0.2, 0.25) is 0 Å². The van der Waals surface area contributed by atoms with Gasteiger partial charge < -0.3 is 10.3 Å². The molecule has 1 saturated carbocycles. The van der Waals surface area contributed by atoms with E-state index in [2.05, 4.69) is 31.1 Å². The van der Waals surface area contributed by atoms with Gasteiger partial charge in [0.1, 0.15) is 0 Å². The Balaban J connectivity index is 1.74. The summed E-state index contributed by atoms with van der Waals surface area (Å²) in [5.41, 5.74) is 1.52. The Morgan fingerprint density at radius 2 is 1.96 bits per heavy atom. The van der Waals surface area contributed by atoms with Crippen molar-refractivity contribution in [3.63, 3.8) is 0 Å². The van der Waals surface area contributed by atoms with E-state index in [0.29, 0.717) is 11.5 Å². The van der Waals surface area contributed by atoms with E-state index in [1.807, 2.05) is 24.3 Å². The summed E-state index contributed by atoms with van der Waals surface area (Å²) in [5, 5.41) is 3.75. The van der Waals surface area contributed by atoms with E-state index in [0.717, 1.165) is 30.2 Å². The predicted octanol–water partition coefficient (Wildman–Crippen LogP) is 3.68. The molecule has 2 N–H and O–H groups in total. The fraction of sp³-hybridized carbons (Fsp3) is 0.474. The number of ketones is 1. The molecule has 1 aliphatic rings. The molecule has 0 aliphatic heterocycles. The number of Topliss-reactive ketones (excluding diaryl/α,β-unsaturated/α-hetero) is 1. The highest BCUT2D eigenvalue weighted by molar-refractivity contribution is 6.45. The Kier molecular flexibility index (Phi) is 4.00. The maximum atomic E-state index is 12.5. The van der Waals surface area contributed by atoms with Crippen LogP contribution in [0.1, 0.15) is 50.4 Å². The molecule has 1 aromatic carbocycles. The number of fused-ring (bicyclic) bond motifs is 1. The standard InChI is InChI=1S/C19H24N2O2/c1-12-8-13(10-19(2,3)9-12)21-18(23)17(22)15-11-20-16-7-5-4-6-14(15)16/h4-7,11-13,20H,8-10H2,1-3H3,(H,21,23)/t12-,13-/m0/s1. The molecule has 0 unspecified atom stereocenters. The van der Waals surface area contributed by atoms with E-state index in [9.17, 15) is 9.59 Å². The minimum atomic E-state index is -0.496. The Hall–Kier alpha value is -2.10. The lowest BCUT2D eigenvalue weighted by Crippen LogP contribution is -2.45. The second kappa shape index (κ2) is 5.84. The summed E-state index contributed by atoms with van der Waals surface area (Å²) in [5.74, 6) is -0.393. The number of benzene rings is 1. The van der Waals surface area contributed by atoms with Gasteiger partial charge in [-0.2, -0.15) is 0 Å². The first-order valence-electron chi connectivity index (χ1n) is 8.27. The molecule has 0 spiro atoms. The molecule has 1 amide bonds. The normalized spacial score (nSPS) is 23.6. The highest BCUT2D eigenvalue weighted by atomic mass is 16.2. The quantitative estimate of drug-likeness (QED) is 0.671. The van der Waals surface area contributed by atoms with E-state index in [4.69, 9.17) is 0 Å². The van der Waals surface area contributed by atoms with Gasteiger partial charge in [0.2, 0.25) is 0 Å². The van der Waals surface area contributed by atoms with Crippen LogP contribution in [0.5, 0.6) is 0 Å². The third-order valence-electron chi connectivity index (χ3n) is 4.76. The third-order valence-corrected chi connectivity index (χ3v) is 4.76. The van der Waals surface area contributed by atoms with Crippen LogP contribution in [-0.2, 0) is 4.79 Å². The molecule has 23 heavy (non-hydrogen) atoms. The Labute approximate surface area is 136 Å². The average Bonchev–Trinajstić information content (AvgIpc) is 2.88. The van der Waals surface area contributed by atoms with Gasteiger partial charge >= 0.3 is 0 Å². The van der Waals surface area contributed by atoms with E-state index in [1.54, 1.807) is 6.20 Å². The van der Waals surface area contributed by atoms with Gasteiger partial charge in [0.25, 0.3) is 11.7 Å². The van der Waals surface area contributed by atoms with Crippen molar-refractivity contribution >= 4 is 22.6 Å². The number of para-hydroxylation sites is 1. The van der Waals surface area contributed by atoms with Crippen molar-refractivity contribution in [1.82, 2.24) is 10.3 Å². The monoisotopic (exact) mass is 312 g/mol. The number of carbonyl (C=O) groups excluding carboxylic acids is 2. The minimum absolute atomic E-state index is 0.0791. The molecular formula is C19H24N2O2. The molecule has 0 saturated heterocycles. The summed E-state index contributed by atoms with van der Waals surface area (Å²) in [6, 6.07) is 7.61. The van der Waals surface area contributed by atoms with Crippen molar-refractivity contribution in [2.45, 2.75) is 46.1 Å². The smallest absolute Gasteiger partial charge is 0.292 e. The molecule has 4 heteroatoms. The van der Waals surface area contributed by atoms with Gasteiger partial charge in [0.05, 0.1) is 5.56 Å². The number of rotatable bonds is 3. The van der Waals surface area contributed by atoms with Crippen molar-refractivity contribution in [3.8, 4) is 0 Å². The zero-order valence-corrected chi connectivity index (χ0v) is 14.0. The van der Waals surface area contributed by atoms with E-state index in [1.165, 1.54) is 0 Å². The summed E-state index contributed by atoms with van der Waals surface area (Å²) >= 11 is 0. The number of carbonyl (C=O) groups is 2. The molecule has 1 aromatic heterocycles. The Bertz CT molecular complexity index is 745. The van der Waals surface area contributed by atoms with Crippen molar-refractivity contribution in [1.29, 1.82) is 0 Å². The molecule has 1 fully saturated rings. The molecule has 1 heterocycles. The first-order chi connectivity index (χ1) is 10.9. The maximum Gasteiger partial charge on any atom is 0.292 e. The Morgan fingerprint density at radius 1 is 1.22 bits per heavy atom. The lowest BCUT2D eigenvalue weighted by molar-refractivity contribution is -0.118. The number of hydrogen-bond acceptors (Lipinski definition) is 2. The summed E-state index contributed by atoms with van der Waals surface area (Å²) < 4.78 is 0. The number of aromatic nitrogens is 1. The third kappa shape index (κ3) is 3.31. The van der Waals surface area contributed by atoms with Crippen LogP contribution in [0.4, 0.5) is 0 Å². The SMILES string of the molecule is C[C@H]1C[C@H](NC(=O)C(=O)c2c[nH]c3ccccc23)CC(C)(C)C1. The number of hydrogen-bond donors (Lipinski definition) is 2. The molecule has 1 aliphatic carbocycles. The second-order valence-corrected chi connectivity index (χ2v) is 7.66. The molecular weight excluding hydrogens is 288 g/mol. The minimum Gasteiger partial charge on any atom is -0.360 e. The molecule has 122 valence electrons. The van der Waals surface area contributed by atoms with Gasteiger partial charge in [-0.3, -0.25) is 9.59 Å². The maximum absolute atomic E-state index is 12.5. The average molecular weight is 312 g/mol. The fourth-order valence-electron chi connectivity index (χ4n) is 4.09. The van der Waals surface area contributed by atoms with Crippen LogP contribution in [0.25, 0.3) is 10.9 Å². The van der Waals surface area contributed by atoms with E-state index < -0.39 is 11.7 Å². The summed E-state index contributed by atoms with van der Waals surface area (Å²) in [6.45, 7) is 6.66. The van der Waals surface area contributed by atoms with Crippen molar-refractivity contribution < 1.29 is 9.59 Å². The predicted molar refractivity (Wildman–Crippen MR) is 91.4 cm³/mol. The number of aromatic amines is 1. The number of amides is 1. The lowest BCUT2D eigenvalue weighted by Gasteiger charge is -2.39. The highest BCUT2D eigenvalue weighted by Gasteiger charge is 2.33. The van der Waals surface area contributed by atoms with Crippen LogP contribution >= 0.6 is 0 Å². The Morgan fingerprint density at radius 3 is 2.70 bits per heavy atom. The molecule has 0 bridgehead atoms. The van der Waals surface area contributed by atoms with Gasteiger partial charge in [-0.25, -0.2) is 0 Å². The molecule has 0 radical (unpaired) electrons. The fourth-order valence-corrected chi connectivity index (χ4v) is 4.09. The van der Waals surface area contributed by atoms with Crippen LogP contribution in [-0.4, -0.2) is 22.7 Å². The zero-order valence-electron chi connectivity index (χ0n) is 14.0. The topological polar surface area (TPSA) is 62.0 Å². The van der Waals surface area contributed by atoms with E-state index in [-0.39, 0.29) is 11.5 Å². The molecule has 2 atom stereocenters. The van der Waals surface area contributed by atoms with Gasteiger partial charge in [0, 0.05) is 23.1 Å². The summed E-state index contributed by atoms with van der Waals surface area (Å²) in [6.07, 6.45) is 4.65. The van der Waals surface area contributed by atoms with Crippen LogP contribution in [0.3, 0.4) is 0 Å². The van der Waals surface area contributed by atoms with Crippen LogP contribution < -0.4 is 5.32 Å². The van der Waals surface area contributed by atoms with Crippen molar-refractivity contribution in [2.24, 2.45) is 11.3 Å². The van der Waals surface area contributed by atoms with Crippen LogP contribution in [0, 0.1) is 11.3 Å². The van der Waals surface area contributed by atoms with Crippen LogP contribution in [0.15, 0.2) is 30.5 Å². The van der Waals surface area contributed by atoms with Gasteiger partial charge in [-0.1, -0.05) is 39.0 Å². The largest absolute Gasteiger partial charge is 0.360 e. The van der Waals surface area contributed by atoms with Gasteiger partial charge in [0.15, 0.2) is 0 Å². The summed E-state index contributed by atoms with van der Waals surface area (Å²) in [4.78, 5) is 27.9. The van der Waals surface area contributed by atoms with Gasteiger partial charge in [-0.15, -0.1) is 0 Å². The highest BCUT2D eigenvalue weighted by Crippen LogP contribution is 2.38. The zero-order chi connectivity index (χ0) is 16.6. The first-order valence-corrected chi connectivity index (χ1v) is 8.27. The number of H-pyrrole nitrogens is 1. The lowest BCUT2D eigenvalue weighted by atomic mass is 9.70. The van der Waals surface area contributed by atoms with Crippen molar-refractivity contribution in [2.75, 3.05) is 0 Å². The molecule has 3 rings (SSSR count). The van der Waals surface area contributed by atoms with E-state index >= 15 is 0 Å². The van der Waals surface area contributed by atoms with Crippen molar-refractivity contribution in [3.05, 3.63) is 36.0 Å². The summed E-state index contributed by atoms with van der Waals surface area (Å²) in [7, 11) is 0. The molecule has 2 aromatic rings. The number of nitrogens with one attached hydrogen (secondary N) is 2.